The lowest BCUT2D eigenvalue weighted by atomic mass is 10.2. The van der Waals surface area contributed by atoms with Crippen molar-refractivity contribution in [1.29, 1.82) is 0 Å². The molecule has 13 nitrogen and oxygen atoms in total. The molecule has 0 aliphatic carbocycles. The van der Waals surface area contributed by atoms with Crippen LogP contribution >= 0.6 is 7.82 Å². The molecule has 5 N–H and O–H groups in total. The van der Waals surface area contributed by atoms with Crippen LogP contribution in [0.4, 0.5) is 26.1 Å². The molecular weight excluding hydrogens is 575 g/mol. The molecule has 2 aromatic heterocycles. The van der Waals surface area contributed by atoms with Gasteiger partial charge in [0.25, 0.3) is 0 Å². The molecule has 4 aromatic rings. The van der Waals surface area contributed by atoms with Crippen molar-refractivity contribution in [2.24, 2.45) is 0 Å². The maximum absolute atomic E-state index is 14.9. The van der Waals surface area contributed by atoms with E-state index in [-0.39, 0.29) is 31.3 Å². The number of H-pyrrole nitrogens is 1. The lowest BCUT2D eigenvalue weighted by Crippen LogP contribution is -2.29. The number of amides is 1. The topological polar surface area (TPSA) is 175 Å². The van der Waals surface area contributed by atoms with Crippen molar-refractivity contribution in [2.45, 2.75) is 19.8 Å². The molecule has 16 heteroatoms. The number of carbonyl (C=O) groups is 1. The molecule has 1 amide bonds. The maximum atomic E-state index is 14.9. The summed E-state index contributed by atoms with van der Waals surface area (Å²) in [5.74, 6) is -0.780. The lowest BCUT2D eigenvalue weighted by molar-refractivity contribution is -0.115. The van der Waals surface area contributed by atoms with Crippen LogP contribution in [0.15, 0.2) is 48.8 Å². The van der Waals surface area contributed by atoms with E-state index in [1.165, 1.54) is 36.7 Å². The Morgan fingerprint density at radius 3 is 2.71 bits per heavy atom. The Hall–Kier alpha value is -4.01. The molecule has 0 spiro atoms. The summed E-state index contributed by atoms with van der Waals surface area (Å²) in [6.07, 6.45) is 1.81. The highest BCUT2D eigenvalue weighted by atomic mass is 31.2. The van der Waals surface area contributed by atoms with Crippen LogP contribution < -0.4 is 15.4 Å². The molecule has 4 rings (SSSR count). The normalized spacial score (nSPS) is 11.7. The smallest absolute Gasteiger partial charge is 0.469 e. The van der Waals surface area contributed by atoms with Crippen molar-refractivity contribution < 1.29 is 37.2 Å². The molecule has 2 aromatic carbocycles. The largest absolute Gasteiger partial charge is 0.490 e. The van der Waals surface area contributed by atoms with E-state index in [0.717, 1.165) is 0 Å². The summed E-state index contributed by atoms with van der Waals surface area (Å²) >= 11 is 0. The molecule has 0 saturated heterocycles. The molecule has 0 aliphatic rings. The summed E-state index contributed by atoms with van der Waals surface area (Å²) < 4.78 is 49.2. The number of hydrogen-bond acceptors (Lipinski definition) is 9. The summed E-state index contributed by atoms with van der Waals surface area (Å²) in [5.41, 5.74) is 1.26. The van der Waals surface area contributed by atoms with E-state index in [1.807, 2.05) is 11.8 Å². The second-order valence-corrected chi connectivity index (χ2v) is 10.4. The zero-order chi connectivity index (χ0) is 30.1. The van der Waals surface area contributed by atoms with Crippen molar-refractivity contribution in [3.63, 3.8) is 0 Å². The van der Waals surface area contributed by atoms with Gasteiger partial charge in [0, 0.05) is 42.0 Å². The number of hydrogen-bond donors (Lipinski definition) is 5. The van der Waals surface area contributed by atoms with Gasteiger partial charge in [-0.2, -0.15) is 5.10 Å². The molecular formula is C26H30F2N7O6P. The van der Waals surface area contributed by atoms with Crippen molar-refractivity contribution in [3.8, 4) is 5.75 Å². The van der Waals surface area contributed by atoms with E-state index in [9.17, 15) is 18.1 Å². The number of ether oxygens (including phenoxy) is 1. The molecule has 0 bridgehead atoms. The van der Waals surface area contributed by atoms with E-state index >= 15 is 0 Å². The summed E-state index contributed by atoms with van der Waals surface area (Å²) in [5, 5.41) is 12.9. The summed E-state index contributed by atoms with van der Waals surface area (Å²) in [6.45, 7) is 3.53. The van der Waals surface area contributed by atoms with Crippen molar-refractivity contribution in [2.75, 3.05) is 43.5 Å². The van der Waals surface area contributed by atoms with Gasteiger partial charge in [0.15, 0.2) is 17.4 Å². The van der Waals surface area contributed by atoms with Gasteiger partial charge in [0.2, 0.25) is 5.91 Å². The molecule has 0 atom stereocenters. The first-order valence-corrected chi connectivity index (χ1v) is 14.5. The predicted octanol–water partition coefficient (Wildman–Crippen LogP) is 3.76. The lowest BCUT2D eigenvalue weighted by Gasteiger charge is -2.20. The number of benzene rings is 2. The maximum Gasteiger partial charge on any atom is 0.469 e. The number of phosphoric acid groups is 1. The number of nitrogens with zero attached hydrogens (tertiary/aromatic N) is 4. The first kappa shape index (κ1) is 30.9. The first-order chi connectivity index (χ1) is 20.1. The summed E-state index contributed by atoms with van der Waals surface area (Å²) in [4.78, 5) is 40.2. The van der Waals surface area contributed by atoms with Crippen LogP contribution in [0.5, 0.6) is 5.75 Å². The van der Waals surface area contributed by atoms with Gasteiger partial charge in [0.1, 0.15) is 18.0 Å². The second-order valence-electron chi connectivity index (χ2n) is 9.12. The minimum atomic E-state index is -4.51. The van der Waals surface area contributed by atoms with Crippen LogP contribution in [0.1, 0.15) is 19.0 Å². The zero-order valence-electron chi connectivity index (χ0n) is 22.6. The van der Waals surface area contributed by atoms with Crippen LogP contribution in [-0.4, -0.2) is 73.6 Å². The van der Waals surface area contributed by atoms with E-state index < -0.39 is 19.5 Å². The number of nitrogens with one attached hydrogen (secondary N) is 3. The van der Waals surface area contributed by atoms with Crippen molar-refractivity contribution >= 4 is 42.0 Å². The average molecular weight is 606 g/mol. The predicted molar refractivity (Wildman–Crippen MR) is 150 cm³/mol. The number of fused-ring (bicyclic) bond motifs is 1. The monoisotopic (exact) mass is 605 g/mol. The molecule has 0 saturated carbocycles. The van der Waals surface area contributed by atoms with Crippen LogP contribution in [0.25, 0.3) is 10.9 Å². The Kier molecular flexibility index (Phi) is 10.5. The molecule has 0 unspecified atom stereocenters. The van der Waals surface area contributed by atoms with E-state index in [0.29, 0.717) is 60.0 Å². The highest BCUT2D eigenvalue weighted by molar-refractivity contribution is 7.46. The third-order valence-electron chi connectivity index (χ3n) is 6.02. The van der Waals surface area contributed by atoms with Crippen molar-refractivity contribution in [1.82, 2.24) is 25.1 Å². The number of halogens is 2. The van der Waals surface area contributed by atoms with Gasteiger partial charge in [-0.05, 0) is 37.2 Å². The third-order valence-corrected chi connectivity index (χ3v) is 6.54. The fourth-order valence-electron chi connectivity index (χ4n) is 4.04. The SMILES string of the molecule is CCN(CCCOc1cc2ncnc(Nc3cc(CC(=O)Nc4cccc(F)c4)[nH]n3)c2cc1F)CCOP(=O)(O)O. The Morgan fingerprint density at radius 2 is 1.95 bits per heavy atom. The molecule has 42 heavy (non-hydrogen) atoms. The first-order valence-electron chi connectivity index (χ1n) is 13.0. The van der Waals surface area contributed by atoms with E-state index in [4.69, 9.17) is 14.5 Å². The number of aromatic nitrogens is 4. The highest BCUT2D eigenvalue weighted by Gasteiger charge is 2.15. The van der Waals surface area contributed by atoms with Gasteiger partial charge in [-0.3, -0.25) is 14.4 Å². The fraction of sp³-hybridized carbons (Fsp3) is 0.308. The quantitative estimate of drug-likeness (QED) is 0.0986. The van der Waals surface area contributed by atoms with Crippen LogP contribution in [0.2, 0.25) is 0 Å². The van der Waals surface area contributed by atoms with Crippen LogP contribution in [0, 0.1) is 11.6 Å². The Labute approximate surface area is 239 Å². The minimum absolute atomic E-state index is 0.0198. The fourth-order valence-corrected chi connectivity index (χ4v) is 4.36. The molecule has 0 radical (unpaired) electrons. The number of aromatic amines is 1. The summed E-state index contributed by atoms with van der Waals surface area (Å²) in [6, 6.07) is 9.89. The molecule has 0 fully saturated rings. The standard InChI is InChI=1S/C26H30F2N7O6P/c1-2-35(8-10-41-42(37,38)39)7-4-9-40-23-15-22-20(14-21(23)28)26(30-16-29-22)32-24-12-19(33-34-24)13-25(36)31-18-6-3-5-17(27)11-18/h3,5-6,11-12,14-16H,2,4,7-10,13H2,1H3,(H,31,36)(H2,37,38,39)(H2,29,30,32,33,34). The molecule has 0 aliphatic heterocycles. The van der Waals surface area contributed by atoms with E-state index in [1.54, 1.807) is 12.1 Å². The minimum Gasteiger partial charge on any atom is -0.490 e. The van der Waals surface area contributed by atoms with Gasteiger partial charge < -0.3 is 30.1 Å². The van der Waals surface area contributed by atoms with Crippen LogP contribution in [-0.2, 0) is 20.3 Å². The van der Waals surface area contributed by atoms with E-state index in [2.05, 4.69) is 35.3 Å². The Balaban J connectivity index is 1.32. The second kappa shape index (κ2) is 14.2. The highest BCUT2D eigenvalue weighted by Crippen LogP contribution is 2.35. The molecule has 2 heterocycles. The number of carbonyl (C=O) groups excluding carboxylic acids is 1. The van der Waals surface area contributed by atoms with Gasteiger partial charge in [-0.25, -0.2) is 23.3 Å². The number of likely N-dealkylation sites (N-methyl/N-ethyl adjacent to an activating group) is 1. The van der Waals surface area contributed by atoms with Gasteiger partial charge in [0.05, 0.1) is 25.2 Å². The zero-order valence-corrected chi connectivity index (χ0v) is 23.5. The summed E-state index contributed by atoms with van der Waals surface area (Å²) in [7, 11) is -4.51. The van der Waals surface area contributed by atoms with Crippen molar-refractivity contribution in [3.05, 3.63) is 66.1 Å². The van der Waals surface area contributed by atoms with Gasteiger partial charge >= 0.3 is 7.82 Å². The average Bonchev–Trinajstić information content (AvgIpc) is 3.36. The van der Waals surface area contributed by atoms with Gasteiger partial charge in [-0.15, -0.1) is 0 Å². The third kappa shape index (κ3) is 9.26. The van der Waals surface area contributed by atoms with Gasteiger partial charge in [-0.1, -0.05) is 13.0 Å². The number of rotatable bonds is 15. The van der Waals surface area contributed by atoms with Crippen LogP contribution in [0.3, 0.4) is 0 Å². The molecule has 224 valence electrons. The Morgan fingerprint density at radius 1 is 1.12 bits per heavy atom. The number of anilines is 3. The number of phosphoric ester groups is 1. The Bertz CT molecular complexity index is 1570.